The fourth-order valence-electron chi connectivity index (χ4n) is 1.37. The minimum Gasteiger partial charge on any atom is -0.394 e. The van der Waals surface area contributed by atoms with Gasteiger partial charge in [0.25, 0.3) is 0 Å². The third-order valence-corrected chi connectivity index (χ3v) is 3.54. The summed E-state index contributed by atoms with van der Waals surface area (Å²) in [7, 11) is 0. The molecule has 1 aromatic rings. The minimum atomic E-state index is -0.676. The molecule has 4 nitrogen and oxygen atoms in total. The lowest BCUT2D eigenvalue weighted by Gasteiger charge is -2.09. The van der Waals surface area contributed by atoms with E-state index in [0.717, 1.165) is 16.9 Å². The number of benzene rings is 1. The Kier molecular flexibility index (Phi) is 5.47. The van der Waals surface area contributed by atoms with Crippen LogP contribution in [-0.4, -0.2) is 34.6 Å². The van der Waals surface area contributed by atoms with E-state index in [0.29, 0.717) is 11.3 Å². The van der Waals surface area contributed by atoms with E-state index in [1.165, 1.54) is 0 Å². The van der Waals surface area contributed by atoms with Crippen LogP contribution in [0.2, 0.25) is 0 Å². The van der Waals surface area contributed by atoms with Gasteiger partial charge in [0.15, 0.2) is 0 Å². The van der Waals surface area contributed by atoms with Gasteiger partial charge in [-0.15, -0.1) is 0 Å². The predicted octanol–water partition coefficient (Wildman–Crippen LogP) is 0.680. The highest BCUT2D eigenvalue weighted by molar-refractivity contribution is 7.98. The Morgan fingerprint density at radius 1 is 1.53 bits per heavy atom. The number of hydrogen-bond acceptors (Lipinski definition) is 4. The Hall–Kier alpha value is -1.04. The van der Waals surface area contributed by atoms with Crippen molar-refractivity contribution < 1.29 is 15.0 Å². The third-order valence-electron chi connectivity index (χ3n) is 2.41. The number of aliphatic hydroxyl groups excluding tert-OH is 2. The summed E-state index contributed by atoms with van der Waals surface area (Å²) in [6.07, 6.45) is -0.676. The van der Waals surface area contributed by atoms with E-state index in [4.69, 9.17) is 10.8 Å². The Morgan fingerprint density at radius 3 is 2.76 bits per heavy atom. The first-order chi connectivity index (χ1) is 8.04. The van der Waals surface area contributed by atoms with Crippen LogP contribution < -0.4 is 5.73 Å². The molecule has 0 aliphatic heterocycles. The smallest absolute Gasteiger partial charge is 0.248 e. The van der Waals surface area contributed by atoms with E-state index >= 15 is 0 Å². The molecule has 17 heavy (non-hydrogen) atoms. The van der Waals surface area contributed by atoms with Gasteiger partial charge in [0.2, 0.25) is 5.91 Å². The normalized spacial score (nSPS) is 12.4. The summed E-state index contributed by atoms with van der Waals surface area (Å²) in [5.74, 6) is 0.804. The topological polar surface area (TPSA) is 83.6 Å². The molecule has 0 aliphatic carbocycles. The number of rotatable bonds is 6. The second kappa shape index (κ2) is 6.64. The maximum atomic E-state index is 11.0. The highest BCUT2D eigenvalue weighted by Crippen LogP contribution is 2.18. The first-order valence-corrected chi connectivity index (χ1v) is 6.46. The second-order valence-electron chi connectivity index (χ2n) is 3.86. The van der Waals surface area contributed by atoms with Gasteiger partial charge in [0.1, 0.15) is 0 Å². The second-order valence-corrected chi connectivity index (χ2v) is 4.89. The monoisotopic (exact) mass is 255 g/mol. The Labute approximate surface area is 105 Å². The fraction of sp³-hybridized carbons (Fsp3) is 0.417. The molecule has 1 atom stereocenters. The molecular formula is C12H17NO3S. The number of aryl methyl sites for hydroxylation is 1. The van der Waals surface area contributed by atoms with E-state index in [2.05, 4.69) is 0 Å². The fourth-order valence-corrected chi connectivity index (χ4v) is 2.41. The summed E-state index contributed by atoms with van der Waals surface area (Å²) in [5.41, 5.74) is 7.80. The van der Waals surface area contributed by atoms with Crippen molar-refractivity contribution in [2.24, 2.45) is 5.73 Å². The number of carbonyl (C=O) groups excluding carboxylic acids is 1. The highest BCUT2D eigenvalue weighted by Gasteiger charge is 2.06. The number of nitrogens with two attached hydrogens (primary N) is 1. The molecule has 0 fully saturated rings. The van der Waals surface area contributed by atoms with Crippen LogP contribution >= 0.6 is 11.8 Å². The summed E-state index contributed by atoms with van der Waals surface area (Å²) >= 11 is 1.54. The van der Waals surface area contributed by atoms with Crippen LogP contribution in [0.5, 0.6) is 0 Å². The molecule has 0 radical (unpaired) electrons. The number of carbonyl (C=O) groups is 1. The standard InChI is InChI=1S/C12H17NO3S/c1-8-4-9(12(13)16)2-3-10(8)6-17-7-11(15)5-14/h2-4,11,14-15H,5-7H2,1H3,(H2,13,16). The molecule has 1 rings (SSSR count). The van der Waals surface area contributed by atoms with Crippen molar-refractivity contribution in [1.82, 2.24) is 0 Å². The largest absolute Gasteiger partial charge is 0.394 e. The van der Waals surface area contributed by atoms with Gasteiger partial charge in [-0.05, 0) is 30.2 Å². The molecule has 0 aromatic heterocycles. The molecule has 94 valence electrons. The van der Waals surface area contributed by atoms with Crippen molar-refractivity contribution in [3.05, 3.63) is 34.9 Å². The zero-order chi connectivity index (χ0) is 12.8. The van der Waals surface area contributed by atoms with Gasteiger partial charge < -0.3 is 15.9 Å². The molecule has 0 saturated carbocycles. The van der Waals surface area contributed by atoms with Crippen molar-refractivity contribution in [3.8, 4) is 0 Å². The van der Waals surface area contributed by atoms with Crippen LogP contribution in [0, 0.1) is 6.92 Å². The van der Waals surface area contributed by atoms with Gasteiger partial charge in [-0.2, -0.15) is 11.8 Å². The third kappa shape index (κ3) is 4.38. The SMILES string of the molecule is Cc1cc(C(N)=O)ccc1CSCC(O)CO. The zero-order valence-electron chi connectivity index (χ0n) is 9.72. The van der Waals surface area contributed by atoms with E-state index in [1.54, 1.807) is 23.9 Å². The van der Waals surface area contributed by atoms with Crippen LogP contribution in [0.1, 0.15) is 21.5 Å². The van der Waals surface area contributed by atoms with Crippen molar-refractivity contribution in [2.45, 2.75) is 18.8 Å². The maximum absolute atomic E-state index is 11.0. The molecule has 4 N–H and O–H groups in total. The molecule has 0 bridgehead atoms. The van der Waals surface area contributed by atoms with Gasteiger partial charge in [-0.25, -0.2) is 0 Å². The summed E-state index contributed by atoms with van der Waals surface area (Å²) in [4.78, 5) is 11.0. The Balaban J connectivity index is 2.57. The molecular weight excluding hydrogens is 238 g/mol. The lowest BCUT2D eigenvalue weighted by Crippen LogP contribution is -2.14. The highest BCUT2D eigenvalue weighted by atomic mass is 32.2. The number of amides is 1. The van der Waals surface area contributed by atoms with Gasteiger partial charge in [0.05, 0.1) is 12.7 Å². The van der Waals surface area contributed by atoms with Gasteiger partial charge in [0, 0.05) is 17.1 Å². The van der Waals surface area contributed by atoms with Gasteiger partial charge in [-0.3, -0.25) is 4.79 Å². The molecule has 1 amide bonds. The van der Waals surface area contributed by atoms with Crippen LogP contribution in [-0.2, 0) is 5.75 Å². The van der Waals surface area contributed by atoms with E-state index in [-0.39, 0.29) is 6.61 Å². The number of aliphatic hydroxyl groups is 2. The maximum Gasteiger partial charge on any atom is 0.248 e. The van der Waals surface area contributed by atoms with Crippen molar-refractivity contribution in [1.29, 1.82) is 0 Å². The van der Waals surface area contributed by atoms with Crippen LogP contribution in [0.15, 0.2) is 18.2 Å². The van der Waals surface area contributed by atoms with Gasteiger partial charge in [-0.1, -0.05) is 6.07 Å². The minimum absolute atomic E-state index is 0.216. The molecule has 1 aromatic carbocycles. The molecule has 0 spiro atoms. The summed E-state index contributed by atoms with van der Waals surface area (Å²) in [6.45, 7) is 1.71. The van der Waals surface area contributed by atoms with Crippen molar-refractivity contribution in [3.63, 3.8) is 0 Å². The van der Waals surface area contributed by atoms with Crippen molar-refractivity contribution >= 4 is 17.7 Å². The average Bonchev–Trinajstić information content (AvgIpc) is 2.30. The van der Waals surface area contributed by atoms with E-state index < -0.39 is 12.0 Å². The Morgan fingerprint density at radius 2 is 2.24 bits per heavy atom. The lowest BCUT2D eigenvalue weighted by molar-refractivity contribution is 0.1000. The summed E-state index contributed by atoms with van der Waals surface area (Å²) < 4.78 is 0. The molecule has 0 aliphatic rings. The number of thioether (sulfide) groups is 1. The number of hydrogen-bond donors (Lipinski definition) is 3. The molecule has 5 heteroatoms. The van der Waals surface area contributed by atoms with E-state index in [1.807, 2.05) is 13.0 Å². The molecule has 0 heterocycles. The van der Waals surface area contributed by atoms with Gasteiger partial charge >= 0.3 is 0 Å². The zero-order valence-corrected chi connectivity index (χ0v) is 10.5. The van der Waals surface area contributed by atoms with Crippen LogP contribution in [0.3, 0.4) is 0 Å². The average molecular weight is 255 g/mol. The van der Waals surface area contributed by atoms with Crippen LogP contribution in [0.25, 0.3) is 0 Å². The molecule has 0 saturated heterocycles. The number of primary amides is 1. The first kappa shape index (κ1) is 14.0. The van der Waals surface area contributed by atoms with Crippen LogP contribution in [0.4, 0.5) is 0 Å². The molecule has 1 unspecified atom stereocenters. The first-order valence-electron chi connectivity index (χ1n) is 5.30. The predicted molar refractivity (Wildman–Crippen MR) is 69.0 cm³/mol. The lowest BCUT2D eigenvalue weighted by atomic mass is 10.1. The Bertz CT molecular complexity index is 395. The van der Waals surface area contributed by atoms with E-state index in [9.17, 15) is 9.90 Å². The summed E-state index contributed by atoms with van der Waals surface area (Å²) in [6, 6.07) is 5.34. The summed E-state index contributed by atoms with van der Waals surface area (Å²) in [5, 5.41) is 17.9. The quantitative estimate of drug-likeness (QED) is 0.698. The van der Waals surface area contributed by atoms with Crippen molar-refractivity contribution in [2.75, 3.05) is 12.4 Å².